The molecule has 24 heavy (non-hydrogen) atoms. The van der Waals surface area contributed by atoms with Crippen LogP contribution in [0.15, 0.2) is 18.2 Å². The molecule has 1 aliphatic rings. The Kier molecular flexibility index (Phi) is 6.68. The maximum absolute atomic E-state index is 12.4. The van der Waals surface area contributed by atoms with E-state index < -0.39 is 13.6 Å². The zero-order chi connectivity index (χ0) is 17.6. The van der Waals surface area contributed by atoms with E-state index in [-0.39, 0.29) is 18.2 Å². The van der Waals surface area contributed by atoms with Crippen molar-refractivity contribution >= 4 is 13.6 Å². The van der Waals surface area contributed by atoms with Crippen molar-refractivity contribution in [1.29, 1.82) is 0 Å². The van der Waals surface area contributed by atoms with Crippen molar-refractivity contribution in [2.45, 2.75) is 39.0 Å². The molecule has 2 rings (SSSR count). The third-order valence-corrected chi connectivity index (χ3v) is 5.08. The molecule has 2 heterocycles. The number of hydrogen-bond donors (Lipinski definition) is 0. The van der Waals surface area contributed by atoms with Gasteiger partial charge in [-0.3, -0.25) is 4.57 Å². The second-order valence-electron chi connectivity index (χ2n) is 4.96. The van der Waals surface area contributed by atoms with Crippen LogP contribution in [0.4, 0.5) is 0 Å². The van der Waals surface area contributed by atoms with Gasteiger partial charge in [-0.25, -0.2) is 14.5 Å². The molecular weight excluding hydrogens is 337 g/mol. The summed E-state index contributed by atoms with van der Waals surface area (Å²) >= 11 is 0. The summed E-state index contributed by atoms with van der Waals surface area (Å²) in [5, 5.41) is 4.04. The van der Waals surface area contributed by atoms with E-state index in [0.717, 1.165) is 0 Å². The molecule has 0 amide bonds. The first-order valence-corrected chi connectivity index (χ1v) is 9.35. The average molecular weight is 359 g/mol. The van der Waals surface area contributed by atoms with Crippen LogP contribution in [-0.2, 0) is 23.1 Å². The standard InChI is InChI=1S/C14H22N3O6P/c1-4-21-24(19,22-5-2)9-8-11-6-7-12(23-11)17-10-15-13(16-17)14(18)20-3/h8-12H,4-7H2,1-3H3/b9-8+/t11-,12+/m0/s1. The predicted octanol–water partition coefficient (Wildman–Crippen LogP) is 2.52. The number of hydrogen-bond acceptors (Lipinski definition) is 8. The van der Waals surface area contributed by atoms with Crippen molar-refractivity contribution in [2.24, 2.45) is 0 Å². The van der Waals surface area contributed by atoms with Gasteiger partial charge in [-0.1, -0.05) is 0 Å². The molecule has 1 saturated heterocycles. The lowest BCUT2D eigenvalue weighted by molar-refractivity contribution is 0.0146. The molecule has 1 fully saturated rings. The van der Waals surface area contributed by atoms with Gasteiger partial charge < -0.3 is 18.5 Å². The molecular formula is C14H22N3O6P. The van der Waals surface area contributed by atoms with Crippen LogP contribution < -0.4 is 0 Å². The summed E-state index contributed by atoms with van der Waals surface area (Å²) in [5.41, 5.74) is 0. The van der Waals surface area contributed by atoms with Crippen molar-refractivity contribution in [3.05, 3.63) is 24.0 Å². The average Bonchev–Trinajstić information content (AvgIpc) is 3.22. The van der Waals surface area contributed by atoms with Crippen molar-refractivity contribution < 1.29 is 27.9 Å². The minimum absolute atomic E-state index is 0.0164. The number of aromatic nitrogens is 3. The topological polar surface area (TPSA) is 102 Å². The van der Waals surface area contributed by atoms with Crippen LogP contribution >= 0.6 is 7.60 Å². The second kappa shape index (κ2) is 8.53. The summed E-state index contributed by atoms with van der Waals surface area (Å²) in [6, 6.07) is 0. The van der Waals surface area contributed by atoms with Crippen LogP contribution in [0.5, 0.6) is 0 Å². The summed E-state index contributed by atoms with van der Waals surface area (Å²) in [6.45, 7) is 4.10. The van der Waals surface area contributed by atoms with Gasteiger partial charge in [-0.15, -0.1) is 5.10 Å². The minimum atomic E-state index is -3.23. The lowest BCUT2D eigenvalue weighted by Crippen LogP contribution is -2.12. The molecule has 10 heteroatoms. The molecule has 0 N–H and O–H groups in total. The number of rotatable bonds is 8. The molecule has 0 saturated carbocycles. The fourth-order valence-electron chi connectivity index (χ4n) is 2.26. The first-order chi connectivity index (χ1) is 11.5. The van der Waals surface area contributed by atoms with Gasteiger partial charge in [0.05, 0.1) is 26.4 Å². The van der Waals surface area contributed by atoms with Crippen molar-refractivity contribution in [3.63, 3.8) is 0 Å². The minimum Gasteiger partial charge on any atom is -0.463 e. The molecule has 0 aliphatic carbocycles. The highest BCUT2D eigenvalue weighted by Gasteiger charge is 2.28. The van der Waals surface area contributed by atoms with Gasteiger partial charge in [0.2, 0.25) is 0 Å². The molecule has 0 bridgehead atoms. The number of methoxy groups -OCH3 is 1. The highest BCUT2D eigenvalue weighted by Crippen LogP contribution is 2.50. The second-order valence-corrected chi connectivity index (χ2v) is 6.86. The summed E-state index contributed by atoms with van der Waals surface area (Å²) in [6.07, 6.45) is 3.93. The van der Waals surface area contributed by atoms with Crippen LogP contribution in [0.2, 0.25) is 0 Å². The van der Waals surface area contributed by atoms with Crippen molar-refractivity contribution in [2.75, 3.05) is 20.3 Å². The lowest BCUT2D eigenvalue weighted by atomic mass is 10.2. The molecule has 1 aromatic rings. The van der Waals surface area contributed by atoms with Gasteiger partial charge >= 0.3 is 13.6 Å². The Bertz CT molecular complexity index is 622. The van der Waals surface area contributed by atoms with Gasteiger partial charge in [-0.05, 0) is 32.8 Å². The Labute approximate surface area is 140 Å². The Morgan fingerprint density at radius 2 is 2.12 bits per heavy atom. The van der Waals surface area contributed by atoms with Crippen molar-refractivity contribution in [1.82, 2.24) is 14.8 Å². The Balaban J connectivity index is 1.97. The lowest BCUT2D eigenvalue weighted by Gasteiger charge is -2.14. The molecule has 0 spiro atoms. The summed E-state index contributed by atoms with van der Waals surface area (Å²) < 4.78 is 34.6. The maximum atomic E-state index is 12.4. The van der Waals surface area contributed by atoms with Crippen LogP contribution in [0.1, 0.15) is 43.5 Å². The molecule has 1 aromatic heterocycles. The predicted molar refractivity (Wildman–Crippen MR) is 84.5 cm³/mol. The zero-order valence-electron chi connectivity index (χ0n) is 14.0. The molecule has 0 aromatic carbocycles. The monoisotopic (exact) mass is 359 g/mol. The highest BCUT2D eigenvalue weighted by atomic mass is 31.2. The molecule has 134 valence electrons. The quantitative estimate of drug-likeness (QED) is 0.515. The smallest absolute Gasteiger partial charge is 0.377 e. The number of nitrogens with zero attached hydrogens (tertiary/aromatic N) is 3. The summed E-state index contributed by atoms with van der Waals surface area (Å²) in [4.78, 5) is 15.3. The van der Waals surface area contributed by atoms with Crippen molar-refractivity contribution in [3.8, 4) is 0 Å². The van der Waals surface area contributed by atoms with Crippen LogP contribution in [0.3, 0.4) is 0 Å². The van der Waals surface area contributed by atoms with E-state index in [1.165, 1.54) is 23.9 Å². The number of carbonyl (C=O) groups excluding carboxylic acids is 1. The normalized spacial score (nSPS) is 21.5. The first kappa shape index (κ1) is 18.8. The maximum Gasteiger partial charge on any atom is 0.377 e. The first-order valence-electron chi connectivity index (χ1n) is 7.74. The van der Waals surface area contributed by atoms with Gasteiger partial charge in [-0.2, -0.15) is 0 Å². The van der Waals surface area contributed by atoms with Crippen LogP contribution in [0, 0.1) is 0 Å². The van der Waals surface area contributed by atoms with E-state index in [2.05, 4.69) is 14.8 Å². The Morgan fingerprint density at radius 3 is 2.75 bits per heavy atom. The SMILES string of the molecule is CCOP(=O)(/C=C/[C@@H]1CC[C@H](n2cnc(C(=O)OC)n2)O1)OCC. The number of esters is 1. The number of ether oxygens (including phenoxy) is 2. The molecule has 0 unspecified atom stereocenters. The molecule has 2 atom stereocenters. The summed E-state index contributed by atoms with van der Waals surface area (Å²) in [5.74, 6) is 0.823. The van der Waals surface area contributed by atoms with E-state index in [1.54, 1.807) is 19.9 Å². The Hall–Kier alpha value is -1.54. The third kappa shape index (κ3) is 4.73. The molecule has 0 radical (unpaired) electrons. The fraction of sp³-hybridized carbons (Fsp3) is 0.643. The fourth-order valence-corrected chi connectivity index (χ4v) is 3.63. The van der Waals surface area contributed by atoms with E-state index >= 15 is 0 Å². The largest absolute Gasteiger partial charge is 0.463 e. The molecule has 9 nitrogen and oxygen atoms in total. The third-order valence-electron chi connectivity index (χ3n) is 3.30. The van der Waals surface area contributed by atoms with E-state index in [9.17, 15) is 9.36 Å². The number of carbonyl (C=O) groups is 1. The zero-order valence-corrected chi connectivity index (χ0v) is 14.8. The van der Waals surface area contributed by atoms with Gasteiger partial charge in [0, 0.05) is 5.82 Å². The van der Waals surface area contributed by atoms with E-state index in [4.69, 9.17) is 13.8 Å². The van der Waals surface area contributed by atoms with Gasteiger partial charge in [0.15, 0.2) is 6.23 Å². The summed E-state index contributed by atoms with van der Waals surface area (Å²) in [7, 11) is -1.96. The van der Waals surface area contributed by atoms with Gasteiger partial charge in [0.1, 0.15) is 6.33 Å². The van der Waals surface area contributed by atoms with Crippen LogP contribution in [-0.4, -0.2) is 47.2 Å². The van der Waals surface area contributed by atoms with E-state index in [1.807, 2.05) is 0 Å². The molecule has 1 aliphatic heterocycles. The highest BCUT2D eigenvalue weighted by molar-refractivity contribution is 7.57. The van der Waals surface area contributed by atoms with Gasteiger partial charge in [0.25, 0.3) is 5.82 Å². The van der Waals surface area contributed by atoms with E-state index in [0.29, 0.717) is 26.1 Å². The Morgan fingerprint density at radius 1 is 1.42 bits per heavy atom. The van der Waals surface area contributed by atoms with Crippen LogP contribution in [0.25, 0.3) is 0 Å².